The van der Waals surface area contributed by atoms with Gasteiger partial charge in [-0.05, 0) is 40.5 Å². The van der Waals surface area contributed by atoms with Gasteiger partial charge in [-0.3, -0.25) is 0 Å². The molecule has 4 heteroatoms. The quantitative estimate of drug-likeness (QED) is 0.921. The Morgan fingerprint density at radius 1 is 1.50 bits per heavy atom. The minimum absolute atomic E-state index is 0.163. The van der Waals surface area contributed by atoms with Crippen LogP contribution < -0.4 is 5.73 Å². The third-order valence-corrected chi connectivity index (χ3v) is 3.19. The predicted molar refractivity (Wildman–Crippen MR) is 65.7 cm³/mol. The van der Waals surface area contributed by atoms with Crippen LogP contribution in [0, 0.1) is 5.82 Å². The van der Waals surface area contributed by atoms with E-state index < -0.39 is 0 Å². The van der Waals surface area contributed by atoms with Crippen molar-refractivity contribution in [2.24, 2.45) is 5.73 Å². The highest BCUT2D eigenvalue weighted by Gasteiger charge is 2.15. The van der Waals surface area contributed by atoms with E-state index in [9.17, 15) is 4.39 Å². The first kappa shape index (κ1) is 11.6. The van der Waals surface area contributed by atoms with Gasteiger partial charge in [-0.25, -0.2) is 4.39 Å². The van der Waals surface area contributed by atoms with Gasteiger partial charge in [-0.1, -0.05) is 13.3 Å². The van der Waals surface area contributed by atoms with E-state index in [-0.39, 0.29) is 11.9 Å². The molecule has 16 heavy (non-hydrogen) atoms. The first-order valence-corrected chi connectivity index (χ1v) is 6.05. The molecule has 0 fully saturated rings. The molecule has 0 aliphatic heterocycles. The summed E-state index contributed by atoms with van der Waals surface area (Å²) in [4.78, 5) is 0. The highest BCUT2D eigenvalue weighted by Crippen LogP contribution is 2.31. The largest absolute Gasteiger partial charge is 0.458 e. The lowest BCUT2D eigenvalue weighted by atomic mass is 10.1. The second kappa shape index (κ2) is 4.55. The summed E-state index contributed by atoms with van der Waals surface area (Å²) in [5.41, 5.74) is 6.47. The van der Waals surface area contributed by atoms with Gasteiger partial charge in [0.25, 0.3) is 0 Å². The number of hydrogen-bond acceptors (Lipinski definition) is 2. The van der Waals surface area contributed by atoms with Crippen LogP contribution >= 0.6 is 15.9 Å². The van der Waals surface area contributed by atoms with E-state index in [1.54, 1.807) is 12.1 Å². The van der Waals surface area contributed by atoms with E-state index in [1.807, 2.05) is 0 Å². The molecule has 1 atom stereocenters. The van der Waals surface area contributed by atoms with Gasteiger partial charge in [0.15, 0.2) is 5.58 Å². The molecule has 0 spiro atoms. The van der Waals surface area contributed by atoms with Crippen molar-refractivity contribution in [1.82, 2.24) is 0 Å². The monoisotopic (exact) mass is 285 g/mol. The maximum atomic E-state index is 13.5. The lowest BCUT2D eigenvalue weighted by Crippen LogP contribution is -2.08. The number of benzene rings is 1. The zero-order valence-corrected chi connectivity index (χ0v) is 10.6. The second-order valence-corrected chi connectivity index (χ2v) is 4.67. The van der Waals surface area contributed by atoms with Gasteiger partial charge >= 0.3 is 0 Å². The minimum atomic E-state index is -0.281. The van der Waals surface area contributed by atoms with Crippen LogP contribution in [0.15, 0.2) is 27.1 Å². The van der Waals surface area contributed by atoms with E-state index in [0.717, 1.165) is 17.3 Å². The lowest BCUT2D eigenvalue weighted by molar-refractivity contribution is 0.474. The Bertz CT molecular complexity index is 470. The topological polar surface area (TPSA) is 39.2 Å². The molecule has 2 nitrogen and oxygen atoms in total. The summed E-state index contributed by atoms with van der Waals surface area (Å²) in [6, 6.07) is 4.58. The second-order valence-electron chi connectivity index (χ2n) is 3.82. The zero-order valence-electron chi connectivity index (χ0n) is 8.97. The molecule has 0 radical (unpaired) electrons. The fourth-order valence-corrected chi connectivity index (χ4v) is 2.14. The molecule has 0 bridgehead atoms. The third-order valence-electron chi connectivity index (χ3n) is 2.57. The molecule has 0 aliphatic carbocycles. The van der Waals surface area contributed by atoms with Crippen LogP contribution in [0.25, 0.3) is 11.0 Å². The molecule has 0 aliphatic rings. The molecule has 0 saturated heterocycles. The molecule has 2 N–H and O–H groups in total. The van der Waals surface area contributed by atoms with Crippen molar-refractivity contribution in [2.45, 2.75) is 25.8 Å². The Labute approximate surface area is 102 Å². The van der Waals surface area contributed by atoms with Gasteiger partial charge in [0.2, 0.25) is 0 Å². The molecule has 86 valence electrons. The Morgan fingerprint density at radius 2 is 2.25 bits per heavy atom. The van der Waals surface area contributed by atoms with Crippen LogP contribution in [0.4, 0.5) is 4.39 Å². The van der Waals surface area contributed by atoms with Crippen molar-refractivity contribution >= 4 is 26.9 Å². The fraction of sp³-hybridized carbons (Fsp3) is 0.333. The van der Waals surface area contributed by atoms with Crippen molar-refractivity contribution in [3.05, 3.63) is 34.2 Å². The maximum Gasteiger partial charge on any atom is 0.151 e. The fourth-order valence-electron chi connectivity index (χ4n) is 1.71. The number of rotatable bonds is 3. The predicted octanol–water partition coefficient (Wildman–Crippen LogP) is 4.13. The van der Waals surface area contributed by atoms with E-state index in [0.29, 0.717) is 16.7 Å². The van der Waals surface area contributed by atoms with Gasteiger partial charge in [0, 0.05) is 0 Å². The molecule has 1 aromatic carbocycles. The minimum Gasteiger partial charge on any atom is -0.458 e. The van der Waals surface area contributed by atoms with E-state index >= 15 is 0 Å². The summed E-state index contributed by atoms with van der Waals surface area (Å²) < 4.78 is 19.8. The molecular formula is C12H13BrFNO. The van der Waals surface area contributed by atoms with Crippen molar-refractivity contribution in [3.63, 3.8) is 0 Å². The maximum absolute atomic E-state index is 13.5. The summed E-state index contributed by atoms with van der Waals surface area (Å²) in [5.74, 6) is 0.361. The van der Waals surface area contributed by atoms with Crippen LogP contribution in [0.1, 0.15) is 31.6 Å². The number of furan rings is 1. The summed E-state index contributed by atoms with van der Waals surface area (Å²) in [7, 11) is 0. The van der Waals surface area contributed by atoms with Gasteiger partial charge in [0.05, 0.1) is 15.9 Å². The van der Waals surface area contributed by atoms with E-state index in [2.05, 4.69) is 22.9 Å². The molecule has 2 rings (SSSR count). The highest BCUT2D eigenvalue weighted by molar-refractivity contribution is 9.10. The first-order valence-electron chi connectivity index (χ1n) is 5.26. The van der Waals surface area contributed by atoms with Crippen LogP contribution in [-0.2, 0) is 0 Å². The molecule has 1 aromatic heterocycles. The van der Waals surface area contributed by atoms with Crippen LogP contribution in [-0.4, -0.2) is 0 Å². The van der Waals surface area contributed by atoms with Gasteiger partial charge in [0.1, 0.15) is 11.6 Å². The number of nitrogens with two attached hydrogens (primary N) is 1. The average Bonchev–Trinajstić information content (AvgIpc) is 2.70. The van der Waals surface area contributed by atoms with Crippen molar-refractivity contribution in [2.75, 3.05) is 0 Å². The van der Waals surface area contributed by atoms with Crippen LogP contribution in [0.2, 0.25) is 0 Å². The highest BCUT2D eigenvalue weighted by atomic mass is 79.9. The SMILES string of the molecule is CCCC(N)c1cc2c(F)ccc(Br)c2o1. The van der Waals surface area contributed by atoms with Crippen molar-refractivity contribution in [1.29, 1.82) is 0 Å². The summed E-state index contributed by atoms with van der Waals surface area (Å²) in [5, 5.41) is 0.482. The third kappa shape index (κ3) is 1.99. The Hall–Kier alpha value is -0.870. The normalized spacial score (nSPS) is 13.2. The van der Waals surface area contributed by atoms with Gasteiger partial charge in [-0.15, -0.1) is 0 Å². The van der Waals surface area contributed by atoms with Crippen molar-refractivity contribution in [3.8, 4) is 0 Å². The summed E-state index contributed by atoms with van der Waals surface area (Å²) in [6.45, 7) is 2.05. The molecular weight excluding hydrogens is 273 g/mol. The molecule has 2 aromatic rings. The average molecular weight is 286 g/mol. The number of fused-ring (bicyclic) bond motifs is 1. The molecule has 1 unspecified atom stereocenters. The van der Waals surface area contributed by atoms with Gasteiger partial charge in [-0.2, -0.15) is 0 Å². The Kier molecular flexibility index (Phi) is 3.30. The summed E-state index contributed by atoms with van der Waals surface area (Å²) in [6.07, 6.45) is 1.81. The number of halogens is 2. The Balaban J connectivity index is 2.51. The van der Waals surface area contributed by atoms with Crippen LogP contribution in [0.5, 0.6) is 0 Å². The first-order chi connectivity index (χ1) is 7.63. The molecule has 1 heterocycles. The molecule has 0 amide bonds. The Morgan fingerprint density at radius 3 is 2.88 bits per heavy atom. The zero-order chi connectivity index (χ0) is 11.7. The molecule has 0 saturated carbocycles. The standard InChI is InChI=1S/C12H13BrFNO/c1-2-3-10(15)11-6-7-9(14)5-4-8(13)12(7)16-11/h4-6,10H,2-3,15H2,1H3. The van der Waals surface area contributed by atoms with Crippen molar-refractivity contribution < 1.29 is 8.81 Å². The van der Waals surface area contributed by atoms with E-state index in [4.69, 9.17) is 10.2 Å². The van der Waals surface area contributed by atoms with Crippen LogP contribution in [0.3, 0.4) is 0 Å². The van der Waals surface area contributed by atoms with Gasteiger partial charge < -0.3 is 10.2 Å². The lowest BCUT2D eigenvalue weighted by Gasteiger charge is -2.04. The smallest absolute Gasteiger partial charge is 0.151 e. The van der Waals surface area contributed by atoms with E-state index in [1.165, 1.54) is 6.07 Å². The summed E-state index contributed by atoms with van der Waals surface area (Å²) >= 11 is 3.33. The number of hydrogen-bond donors (Lipinski definition) is 1.